The van der Waals surface area contributed by atoms with Crippen LogP contribution in [0.2, 0.25) is 0 Å². The van der Waals surface area contributed by atoms with Crippen molar-refractivity contribution in [3.8, 4) is 0 Å². The van der Waals surface area contributed by atoms with Gasteiger partial charge in [-0.05, 0) is 44.9 Å². The Morgan fingerprint density at radius 3 is 2.08 bits per heavy atom. The first-order valence-corrected chi connectivity index (χ1v) is 5.21. The minimum atomic E-state index is 0.145. The highest BCUT2D eigenvalue weighted by Crippen LogP contribution is 2.23. The Labute approximate surface area is 76.0 Å². The van der Waals surface area contributed by atoms with Gasteiger partial charge in [-0.15, -0.1) is 0 Å². The first-order valence-electron chi connectivity index (χ1n) is 5.21. The molecule has 0 unspecified atom stereocenters. The van der Waals surface area contributed by atoms with Crippen LogP contribution in [0, 0.1) is 0 Å². The van der Waals surface area contributed by atoms with Crippen LogP contribution in [0.5, 0.6) is 0 Å². The standard InChI is InChI=1S/C11H21N/c1-2-11(12)9-7-5-3-4-6-8-10-11/h3-4H,2,5-10,12H2,1H3/b4-3-. The molecule has 0 bridgehead atoms. The van der Waals surface area contributed by atoms with Gasteiger partial charge in [0.25, 0.3) is 0 Å². The Balaban J connectivity index is 2.44. The fourth-order valence-corrected chi connectivity index (χ4v) is 1.86. The van der Waals surface area contributed by atoms with Crippen molar-refractivity contribution in [2.45, 2.75) is 57.4 Å². The average Bonchev–Trinajstić information content (AvgIpc) is 2.18. The molecule has 1 rings (SSSR count). The number of nitrogens with two attached hydrogens (primary N) is 1. The highest BCUT2D eigenvalue weighted by Gasteiger charge is 2.21. The summed E-state index contributed by atoms with van der Waals surface area (Å²) in [4.78, 5) is 0. The van der Waals surface area contributed by atoms with Crippen LogP contribution in [-0.2, 0) is 0 Å². The third kappa shape index (κ3) is 2.98. The second-order valence-corrected chi connectivity index (χ2v) is 3.97. The van der Waals surface area contributed by atoms with Crippen LogP contribution >= 0.6 is 0 Å². The number of rotatable bonds is 1. The smallest absolute Gasteiger partial charge is 0.0151 e. The van der Waals surface area contributed by atoms with Crippen LogP contribution in [0.3, 0.4) is 0 Å². The molecule has 0 saturated heterocycles. The highest BCUT2D eigenvalue weighted by molar-refractivity contribution is 4.89. The fourth-order valence-electron chi connectivity index (χ4n) is 1.86. The van der Waals surface area contributed by atoms with Crippen molar-refractivity contribution in [1.29, 1.82) is 0 Å². The first kappa shape index (κ1) is 9.79. The molecule has 0 saturated carbocycles. The lowest BCUT2D eigenvalue weighted by Gasteiger charge is -2.27. The maximum Gasteiger partial charge on any atom is 0.0151 e. The van der Waals surface area contributed by atoms with E-state index >= 15 is 0 Å². The summed E-state index contributed by atoms with van der Waals surface area (Å²) in [6.07, 6.45) is 13.1. The molecule has 0 fully saturated rings. The lowest BCUT2D eigenvalue weighted by Crippen LogP contribution is -2.38. The molecule has 0 aromatic carbocycles. The van der Waals surface area contributed by atoms with E-state index in [0.29, 0.717) is 0 Å². The molecule has 0 heterocycles. The molecule has 0 radical (unpaired) electrons. The topological polar surface area (TPSA) is 26.0 Å². The molecule has 0 atom stereocenters. The molecule has 1 aliphatic rings. The Bertz CT molecular complexity index is 137. The summed E-state index contributed by atoms with van der Waals surface area (Å²) in [6, 6.07) is 0. The third-order valence-electron chi connectivity index (χ3n) is 2.96. The van der Waals surface area contributed by atoms with Gasteiger partial charge in [-0.1, -0.05) is 19.1 Å². The van der Waals surface area contributed by atoms with E-state index in [-0.39, 0.29) is 5.54 Å². The monoisotopic (exact) mass is 167 g/mol. The largest absolute Gasteiger partial charge is 0.325 e. The zero-order valence-electron chi connectivity index (χ0n) is 8.18. The van der Waals surface area contributed by atoms with Gasteiger partial charge in [0.2, 0.25) is 0 Å². The Morgan fingerprint density at radius 2 is 1.67 bits per heavy atom. The van der Waals surface area contributed by atoms with E-state index in [9.17, 15) is 0 Å². The molecule has 2 N–H and O–H groups in total. The van der Waals surface area contributed by atoms with E-state index in [4.69, 9.17) is 5.73 Å². The van der Waals surface area contributed by atoms with Crippen molar-refractivity contribution in [3.05, 3.63) is 12.2 Å². The van der Waals surface area contributed by atoms with Crippen molar-refractivity contribution in [2.75, 3.05) is 0 Å². The summed E-state index contributed by atoms with van der Waals surface area (Å²) in [5, 5.41) is 0. The van der Waals surface area contributed by atoms with Gasteiger partial charge in [0.15, 0.2) is 0 Å². The highest BCUT2D eigenvalue weighted by atomic mass is 14.7. The van der Waals surface area contributed by atoms with E-state index in [0.717, 1.165) is 6.42 Å². The van der Waals surface area contributed by atoms with Gasteiger partial charge >= 0.3 is 0 Å². The van der Waals surface area contributed by atoms with E-state index < -0.39 is 0 Å². The zero-order valence-corrected chi connectivity index (χ0v) is 8.18. The maximum atomic E-state index is 6.27. The van der Waals surface area contributed by atoms with Crippen LogP contribution in [0.15, 0.2) is 12.2 Å². The average molecular weight is 167 g/mol. The van der Waals surface area contributed by atoms with Crippen molar-refractivity contribution in [2.24, 2.45) is 5.73 Å². The van der Waals surface area contributed by atoms with Crippen LogP contribution < -0.4 is 5.73 Å². The molecule has 0 aliphatic heterocycles. The van der Waals surface area contributed by atoms with Gasteiger partial charge < -0.3 is 5.73 Å². The molecule has 0 spiro atoms. The van der Waals surface area contributed by atoms with Crippen LogP contribution in [0.4, 0.5) is 0 Å². The van der Waals surface area contributed by atoms with Gasteiger partial charge in [0, 0.05) is 5.54 Å². The lowest BCUT2D eigenvalue weighted by atomic mass is 9.86. The Kier molecular flexibility index (Phi) is 3.80. The quantitative estimate of drug-likeness (QED) is 0.597. The third-order valence-corrected chi connectivity index (χ3v) is 2.96. The van der Waals surface area contributed by atoms with Crippen molar-refractivity contribution >= 4 is 0 Å². The lowest BCUT2D eigenvalue weighted by molar-refractivity contribution is 0.339. The molecule has 0 aromatic rings. The zero-order chi connectivity index (χ0) is 8.86. The molecule has 0 amide bonds. The summed E-state index contributed by atoms with van der Waals surface area (Å²) in [7, 11) is 0. The summed E-state index contributed by atoms with van der Waals surface area (Å²) >= 11 is 0. The molecule has 0 aromatic heterocycles. The summed E-state index contributed by atoms with van der Waals surface area (Å²) in [6.45, 7) is 2.21. The number of hydrogen-bond donors (Lipinski definition) is 1. The van der Waals surface area contributed by atoms with E-state index in [1.54, 1.807) is 0 Å². The molecule has 70 valence electrons. The molecule has 1 heteroatoms. The Morgan fingerprint density at radius 1 is 1.17 bits per heavy atom. The molecular weight excluding hydrogens is 146 g/mol. The van der Waals surface area contributed by atoms with Crippen LogP contribution in [-0.4, -0.2) is 5.54 Å². The summed E-state index contributed by atoms with van der Waals surface area (Å²) < 4.78 is 0. The van der Waals surface area contributed by atoms with Gasteiger partial charge in [0.05, 0.1) is 0 Å². The normalized spacial score (nSPS) is 26.8. The Hall–Kier alpha value is -0.300. The number of hydrogen-bond acceptors (Lipinski definition) is 1. The first-order chi connectivity index (χ1) is 5.77. The second-order valence-electron chi connectivity index (χ2n) is 3.97. The maximum absolute atomic E-state index is 6.27. The van der Waals surface area contributed by atoms with Gasteiger partial charge in [-0.2, -0.15) is 0 Å². The van der Waals surface area contributed by atoms with E-state index in [1.807, 2.05) is 0 Å². The van der Waals surface area contributed by atoms with Crippen LogP contribution in [0.1, 0.15) is 51.9 Å². The van der Waals surface area contributed by atoms with Crippen LogP contribution in [0.25, 0.3) is 0 Å². The molecular formula is C11H21N. The predicted octanol–water partition coefficient (Wildman–Crippen LogP) is 3.00. The van der Waals surface area contributed by atoms with Gasteiger partial charge in [0.1, 0.15) is 0 Å². The fraction of sp³-hybridized carbons (Fsp3) is 0.818. The van der Waals surface area contributed by atoms with Crippen molar-refractivity contribution in [3.63, 3.8) is 0 Å². The molecule has 1 aliphatic carbocycles. The van der Waals surface area contributed by atoms with Crippen molar-refractivity contribution < 1.29 is 0 Å². The van der Waals surface area contributed by atoms with Gasteiger partial charge in [-0.25, -0.2) is 0 Å². The van der Waals surface area contributed by atoms with E-state index in [2.05, 4.69) is 19.1 Å². The minimum Gasteiger partial charge on any atom is -0.325 e. The molecule has 1 nitrogen and oxygen atoms in total. The predicted molar refractivity (Wildman–Crippen MR) is 54.1 cm³/mol. The molecule has 12 heavy (non-hydrogen) atoms. The number of allylic oxidation sites excluding steroid dienone is 2. The van der Waals surface area contributed by atoms with Gasteiger partial charge in [-0.3, -0.25) is 0 Å². The minimum absolute atomic E-state index is 0.145. The SMILES string of the molecule is CCC1(N)CCC/C=C\CCC1. The second kappa shape index (κ2) is 4.66. The van der Waals surface area contributed by atoms with E-state index in [1.165, 1.54) is 38.5 Å². The summed E-state index contributed by atoms with van der Waals surface area (Å²) in [5.41, 5.74) is 6.41. The summed E-state index contributed by atoms with van der Waals surface area (Å²) in [5.74, 6) is 0. The van der Waals surface area contributed by atoms with Crippen molar-refractivity contribution in [1.82, 2.24) is 0 Å².